The van der Waals surface area contributed by atoms with Gasteiger partial charge in [-0.2, -0.15) is 0 Å². The monoisotopic (exact) mass is 205 g/mol. The molecule has 80 valence electrons. The van der Waals surface area contributed by atoms with E-state index in [1.807, 2.05) is 49.3 Å². The Bertz CT molecular complexity index is 355. The van der Waals surface area contributed by atoms with Crippen molar-refractivity contribution in [2.24, 2.45) is 0 Å². The highest BCUT2D eigenvalue weighted by atomic mass is 16.5. The van der Waals surface area contributed by atoms with Crippen LogP contribution in [-0.4, -0.2) is 32.1 Å². The Morgan fingerprint density at radius 1 is 1.27 bits per heavy atom. The molecule has 0 fully saturated rings. The van der Waals surface area contributed by atoms with Gasteiger partial charge >= 0.3 is 5.97 Å². The van der Waals surface area contributed by atoms with Crippen LogP contribution in [0.2, 0.25) is 0 Å². The van der Waals surface area contributed by atoms with E-state index in [-0.39, 0.29) is 5.97 Å². The fourth-order valence-electron chi connectivity index (χ4n) is 1.23. The van der Waals surface area contributed by atoms with E-state index in [1.54, 1.807) is 6.20 Å². The smallest absolute Gasteiger partial charge is 0.339 e. The predicted molar refractivity (Wildman–Crippen MR) is 60.1 cm³/mol. The minimum absolute atomic E-state index is 0.324. The third-order valence-electron chi connectivity index (χ3n) is 1.88. The van der Waals surface area contributed by atoms with Crippen molar-refractivity contribution in [2.45, 2.75) is 0 Å². The summed E-state index contributed by atoms with van der Waals surface area (Å²) < 4.78 is 4.73. The van der Waals surface area contributed by atoms with Crippen molar-refractivity contribution in [1.29, 1.82) is 0 Å². The van der Waals surface area contributed by atoms with Gasteiger partial charge in [0.25, 0.3) is 0 Å². The highest BCUT2D eigenvalue weighted by Gasteiger charge is 2.11. The normalized spacial score (nSPS) is 11.0. The van der Waals surface area contributed by atoms with Crippen LogP contribution in [0.25, 0.3) is 5.57 Å². The molecular weight excluding hydrogens is 190 g/mol. The number of methoxy groups -OCH3 is 1. The van der Waals surface area contributed by atoms with Crippen molar-refractivity contribution in [2.75, 3.05) is 21.2 Å². The summed E-state index contributed by atoms with van der Waals surface area (Å²) in [6.07, 6.45) is 1.75. The lowest BCUT2D eigenvalue weighted by molar-refractivity contribution is -0.133. The molecule has 0 saturated carbocycles. The molecule has 3 nitrogen and oxygen atoms in total. The zero-order valence-electron chi connectivity index (χ0n) is 9.23. The molecule has 0 aromatic heterocycles. The van der Waals surface area contributed by atoms with Gasteiger partial charge in [-0.05, 0) is 5.56 Å². The molecule has 15 heavy (non-hydrogen) atoms. The number of esters is 1. The van der Waals surface area contributed by atoms with Gasteiger partial charge in [0.2, 0.25) is 0 Å². The molecule has 0 radical (unpaired) electrons. The van der Waals surface area contributed by atoms with Gasteiger partial charge in [0.1, 0.15) is 0 Å². The standard InChI is InChI=1S/C12H15NO2/c1-13(2)9-11(12(14)15-3)10-7-5-4-6-8-10/h4-9H,1-3H3. The minimum atomic E-state index is -0.324. The summed E-state index contributed by atoms with van der Waals surface area (Å²) in [5.41, 5.74) is 1.42. The fourth-order valence-corrected chi connectivity index (χ4v) is 1.23. The van der Waals surface area contributed by atoms with Gasteiger partial charge in [0.15, 0.2) is 0 Å². The van der Waals surface area contributed by atoms with Crippen LogP contribution in [0.5, 0.6) is 0 Å². The topological polar surface area (TPSA) is 29.5 Å². The average molecular weight is 205 g/mol. The summed E-state index contributed by atoms with van der Waals surface area (Å²) in [4.78, 5) is 13.3. The van der Waals surface area contributed by atoms with Crippen LogP contribution in [-0.2, 0) is 9.53 Å². The number of hydrogen-bond donors (Lipinski definition) is 0. The van der Waals surface area contributed by atoms with Gasteiger partial charge < -0.3 is 9.64 Å². The molecule has 1 rings (SSSR count). The van der Waals surface area contributed by atoms with Crippen molar-refractivity contribution in [1.82, 2.24) is 4.90 Å². The van der Waals surface area contributed by atoms with Crippen molar-refractivity contribution in [3.05, 3.63) is 42.1 Å². The van der Waals surface area contributed by atoms with E-state index in [0.717, 1.165) is 5.56 Å². The van der Waals surface area contributed by atoms with Gasteiger partial charge in [0, 0.05) is 20.3 Å². The number of carbonyl (C=O) groups is 1. The highest BCUT2D eigenvalue weighted by molar-refractivity contribution is 6.16. The Balaban J connectivity index is 3.08. The van der Waals surface area contributed by atoms with E-state index in [2.05, 4.69) is 0 Å². The third kappa shape index (κ3) is 3.13. The molecule has 0 spiro atoms. The molecule has 0 unspecified atom stereocenters. The predicted octanol–water partition coefficient (Wildman–Crippen LogP) is 1.76. The quantitative estimate of drug-likeness (QED) is 0.556. The lowest BCUT2D eigenvalue weighted by atomic mass is 10.1. The Hall–Kier alpha value is -1.77. The highest BCUT2D eigenvalue weighted by Crippen LogP contribution is 2.15. The van der Waals surface area contributed by atoms with Gasteiger partial charge in [-0.3, -0.25) is 0 Å². The number of benzene rings is 1. The average Bonchev–Trinajstić information content (AvgIpc) is 2.26. The van der Waals surface area contributed by atoms with E-state index in [4.69, 9.17) is 4.74 Å². The Morgan fingerprint density at radius 2 is 1.87 bits per heavy atom. The Morgan fingerprint density at radius 3 is 2.33 bits per heavy atom. The maximum Gasteiger partial charge on any atom is 0.339 e. The van der Waals surface area contributed by atoms with Gasteiger partial charge in [-0.1, -0.05) is 30.3 Å². The summed E-state index contributed by atoms with van der Waals surface area (Å²) in [6.45, 7) is 0. The second-order valence-corrected chi connectivity index (χ2v) is 3.36. The molecule has 0 atom stereocenters. The first-order chi connectivity index (χ1) is 7.15. The fraction of sp³-hybridized carbons (Fsp3) is 0.250. The summed E-state index contributed by atoms with van der Waals surface area (Å²) >= 11 is 0. The minimum Gasteiger partial charge on any atom is -0.465 e. The van der Waals surface area contributed by atoms with Gasteiger partial charge in [0.05, 0.1) is 12.7 Å². The summed E-state index contributed by atoms with van der Waals surface area (Å²) in [7, 11) is 5.12. The SMILES string of the molecule is COC(=O)C(=CN(C)C)c1ccccc1. The van der Waals surface area contributed by atoms with Crippen LogP contribution in [0.4, 0.5) is 0 Å². The number of ether oxygens (including phenoxy) is 1. The van der Waals surface area contributed by atoms with Crippen LogP contribution < -0.4 is 0 Å². The van der Waals surface area contributed by atoms with Crippen LogP contribution in [0, 0.1) is 0 Å². The van der Waals surface area contributed by atoms with E-state index in [9.17, 15) is 4.79 Å². The molecule has 0 bridgehead atoms. The van der Waals surface area contributed by atoms with Crippen molar-refractivity contribution < 1.29 is 9.53 Å². The third-order valence-corrected chi connectivity index (χ3v) is 1.88. The van der Waals surface area contributed by atoms with Crippen molar-refractivity contribution >= 4 is 11.5 Å². The first-order valence-electron chi connectivity index (χ1n) is 4.67. The first-order valence-corrected chi connectivity index (χ1v) is 4.67. The van der Waals surface area contributed by atoms with Crippen LogP contribution in [0.15, 0.2) is 36.5 Å². The number of rotatable bonds is 3. The number of carbonyl (C=O) groups excluding carboxylic acids is 1. The van der Waals surface area contributed by atoms with E-state index in [0.29, 0.717) is 5.57 Å². The molecule has 0 amide bonds. The zero-order chi connectivity index (χ0) is 11.3. The van der Waals surface area contributed by atoms with E-state index < -0.39 is 0 Å². The van der Waals surface area contributed by atoms with Gasteiger partial charge in [-0.25, -0.2) is 4.79 Å². The van der Waals surface area contributed by atoms with Crippen molar-refractivity contribution in [3.63, 3.8) is 0 Å². The maximum atomic E-state index is 11.5. The molecular formula is C12H15NO2. The molecule has 0 N–H and O–H groups in total. The lowest BCUT2D eigenvalue weighted by Crippen LogP contribution is -2.09. The van der Waals surface area contributed by atoms with Gasteiger partial charge in [-0.15, -0.1) is 0 Å². The maximum absolute atomic E-state index is 11.5. The zero-order valence-corrected chi connectivity index (χ0v) is 9.23. The molecule has 3 heteroatoms. The molecule has 1 aromatic rings. The van der Waals surface area contributed by atoms with Crippen LogP contribution in [0.1, 0.15) is 5.56 Å². The molecule has 0 aliphatic heterocycles. The number of hydrogen-bond acceptors (Lipinski definition) is 3. The van der Waals surface area contributed by atoms with Crippen LogP contribution >= 0.6 is 0 Å². The van der Waals surface area contributed by atoms with E-state index in [1.165, 1.54) is 7.11 Å². The largest absolute Gasteiger partial charge is 0.465 e. The summed E-state index contributed by atoms with van der Waals surface area (Å²) in [6, 6.07) is 9.45. The Kier molecular flexibility index (Phi) is 3.92. The molecule has 0 aliphatic carbocycles. The van der Waals surface area contributed by atoms with Crippen molar-refractivity contribution in [3.8, 4) is 0 Å². The van der Waals surface area contributed by atoms with E-state index >= 15 is 0 Å². The lowest BCUT2D eigenvalue weighted by Gasteiger charge is -2.10. The summed E-state index contributed by atoms with van der Waals surface area (Å²) in [5.74, 6) is -0.324. The molecule has 0 saturated heterocycles. The molecule has 0 aliphatic rings. The number of nitrogens with zero attached hydrogens (tertiary/aromatic N) is 1. The second-order valence-electron chi connectivity index (χ2n) is 3.36. The summed E-state index contributed by atoms with van der Waals surface area (Å²) in [5, 5.41) is 0. The second kappa shape index (κ2) is 5.20. The van der Waals surface area contributed by atoms with Crippen LogP contribution in [0.3, 0.4) is 0 Å². The first kappa shape index (κ1) is 11.3. The molecule has 1 aromatic carbocycles. The Labute approximate surface area is 90.0 Å². The molecule has 0 heterocycles.